The molecule has 1 heterocycles. The molecule has 0 bridgehead atoms. The highest BCUT2D eigenvalue weighted by molar-refractivity contribution is 5.76. The van der Waals surface area contributed by atoms with Crippen LogP contribution in [-0.2, 0) is 4.79 Å². The van der Waals surface area contributed by atoms with Gasteiger partial charge in [0.05, 0.1) is 0 Å². The number of carbonyl (C=O) groups is 1. The Hall–Kier alpha value is -0.570. The molecule has 1 aliphatic heterocycles. The lowest BCUT2D eigenvalue weighted by atomic mass is 10.2. The first kappa shape index (κ1) is 7.54. The van der Waals surface area contributed by atoms with Gasteiger partial charge in [0.15, 0.2) is 0 Å². The third kappa shape index (κ3) is 1.99. The Morgan fingerprint density at radius 2 is 2.50 bits per heavy atom. The van der Waals surface area contributed by atoms with Gasteiger partial charge in [-0.2, -0.15) is 0 Å². The highest BCUT2D eigenvalue weighted by Crippen LogP contribution is 1.93. The van der Waals surface area contributed by atoms with Gasteiger partial charge in [-0.05, 0) is 6.42 Å². The predicted octanol–water partition coefficient (Wildman–Crippen LogP) is -0.126. The number of carbonyl (C=O) groups excluding carboxylic acids is 1. The van der Waals surface area contributed by atoms with Crippen molar-refractivity contribution in [3.05, 3.63) is 0 Å². The van der Waals surface area contributed by atoms with Crippen LogP contribution in [0.4, 0.5) is 0 Å². The van der Waals surface area contributed by atoms with Gasteiger partial charge in [0.1, 0.15) is 0 Å². The van der Waals surface area contributed by atoms with Crippen LogP contribution < -0.4 is 10.6 Å². The fourth-order valence-corrected chi connectivity index (χ4v) is 1.08. The van der Waals surface area contributed by atoms with E-state index in [-0.39, 0.29) is 5.91 Å². The number of nitrogens with one attached hydrogen (secondary N) is 2. The van der Waals surface area contributed by atoms with Crippen molar-refractivity contribution in [2.24, 2.45) is 0 Å². The molecule has 1 atom stereocenters. The van der Waals surface area contributed by atoms with E-state index in [4.69, 9.17) is 0 Å². The number of rotatable bonds is 1. The first-order valence-electron chi connectivity index (χ1n) is 3.83. The van der Waals surface area contributed by atoms with E-state index in [9.17, 15) is 4.79 Å². The molecule has 0 aliphatic carbocycles. The van der Waals surface area contributed by atoms with E-state index in [1.54, 1.807) is 0 Å². The van der Waals surface area contributed by atoms with Gasteiger partial charge in [0.2, 0.25) is 5.91 Å². The minimum absolute atomic E-state index is 0.170. The molecular weight excluding hydrogens is 128 g/mol. The summed E-state index contributed by atoms with van der Waals surface area (Å²) in [5, 5.41) is 6.12. The molecule has 1 unspecified atom stereocenters. The third-order valence-corrected chi connectivity index (χ3v) is 1.82. The van der Waals surface area contributed by atoms with E-state index < -0.39 is 0 Å². The SMILES string of the molecule is CCC1CNC(=O)CCN1. The molecule has 3 heteroatoms. The maximum Gasteiger partial charge on any atom is 0.221 e. The van der Waals surface area contributed by atoms with Crippen LogP contribution >= 0.6 is 0 Å². The molecule has 10 heavy (non-hydrogen) atoms. The van der Waals surface area contributed by atoms with Crippen LogP contribution in [0, 0.1) is 0 Å². The smallest absolute Gasteiger partial charge is 0.221 e. The normalized spacial score (nSPS) is 27.3. The Kier molecular flexibility index (Phi) is 2.68. The van der Waals surface area contributed by atoms with Crippen LogP contribution in [0.15, 0.2) is 0 Å². The lowest BCUT2D eigenvalue weighted by Crippen LogP contribution is -2.35. The summed E-state index contributed by atoms with van der Waals surface area (Å²) in [5.41, 5.74) is 0. The summed E-state index contributed by atoms with van der Waals surface area (Å²) < 4.78 is 0. The van der Waals surface area contributed by atoms with Crippen molar-refractivity contribution < 1.29 is 4.79 Å². The zero-order valence-electron chi connectivity index (χ0n) is 6.31. The Balaban J connectivity index is 2.33. The van der Waals surface area contributed by atoms with E-state index in [0.717, 1.165) is 19.5 Å². The van der Waals surface area contributed by atoms with Gasteiger partial charge in [0.25, 0.3) is 0 Å². The molecule has 0 saturated carbocycles. The maximum atomic E-state index is 10.8. The second kappa shape index (κ2) is 3.56. The zero-order valence-corrected chi connectivity index (χ0v) is 6.31. The van der Waals surface area contributed by atoms with Crippen LogP contribution in [0.1, 0.15) is 19.8 Å². The Labute approximate surface area is 61.2 Å². The highest BCUT2D eigenvalue weighted by atomic mass is 16.1. The van der Waals surface area contributed by atoms with Gasteiger partial charge in [-0.15, -0.1) is 0 Å². The second-order valence-corrected chi connectivity index (χ2v) is 2.61. The van der Waals surface area contributed by atoms with E-state index >= 15 is 0 Å². The van der Waals surface area contributed by atoms with Crippen LogP contribution in [-0.4, -0.2) is 25.0 Å². The topological polar surface area (TPSA) is 41.1 Å². The van der Waals surface area contributed by atoms with Crippen LogP contribution in [0.25, 0.3) is 0 Å². The summed E-state index contributed by atoms with van der Waals surface area (Å²) in [6, 6.07) is 0.478. The molecule has 1 aliphatic rings. The van der Waals surface area contributed by atoms with E-state index in [1.165, 1.54) is 0 Å². The monoisotopic (exact) mass is 142 g/mol. The summed E-state index contributed by atoms with van der Waals surface area (Å²) in [7, 11) is 0. The molecule has 58 valence electrons. The first-order valence-corrected chi connectivity index (χ1v) is 3.83. The van der Waals surface area contributed by atoms with Crippen molar-refractivity contribution >= 4 is 5.91 Å². The molecule has 1 rings (SSSR count). The van der Waals surface area contributed by atoms with Gasteiger partial charge in [-0.1, -0.05) is 6.92 Å². The number of amides is 1. The molecule has 1 fully saturated rings. The molecule has 0 aromatic rings. The molecule has 2 N–H and O–H groups in total. The summed E-state index contributed by atoms with van der Waals surface area (Å²) in [4.78, 5) is 10.8. The van der Waals surface area contributed by atoms with Crippen LogP contribution in [0.3, 0.4) is 0 Å². The quantitative estimate of drug-likeness (QED) is 0.535. The van der Waals surface area contributed by atoms with Crippen molar-refractivity contribution in [1.82, 2.24) is 10.6 Å². The van der Waals surface area contributed by atoms with Gasteiger partial charge in [-0.3, -0.25) is 4.79 Å². The summed E-state index contributed by atoms with van der Waals surface area (Å²) in [6.07, 6.45) is 1.71. The molecule has 1 amide bonds. The minimum Gasteiger partial charge on any atom is -0.354 e. The van der Waals surface area contributed by atoms with Crippen LogP contribution in [0.2, 0.25) is 0 Å². The van der Waals surface area contributed by atoms with E-state index in [2.05, 4.69) is 17.6 Å². The molecule has 0 radical (unpaired) electrons. The van der Waals surface area contributed by atoms with Gasteiger partial charge < -0.3 is 10.6 Å². The fourth-order valence-electron chi connectivity index (χ4n) is 1.08. The van der Waals surface area contributed by atoms with Gasteiger partial charge in [-0.25, -0.2) is 0 Å². The standard InChI is InChI=1S/C7H14N2O/c1-2-6-5-9-7(10)3-4-8-6/h6,8H,2-5H2,1H3,(H,9,10). The van der Waals surface area contributed by atoms with E-state index in [1.807, 2.05) is 0 Å². The first-order chi connectivity index (χ1) is 4.83. The Bertz CT molecular complexity index is 125. The van der Waals surface area contributed by atoms with Crippen molar-refractivity contribution in [1.29, 1.82) is 0 Å². The van der Waals surface area contributed by atoms with Crippen LogP contribution in [0.5, 0.6) is 0 Å². The molecule has 0 aromatic carbocycles. The van der Waals surface area contributed by atoms with Crippen molar-refractivity contribution in [3.63, 3.8) is 0 Å². The third-order valence-electron chi connectivity index (χ3n) is 1.82. The lowest BCUT2D eigenvalue weighted by Gasteiger charge is -2.11. The highest BCUT2D eigenvalue weighted by Gasteiger charge is 2.11. The summed E-state index contributed by atoms with van der Waals surface area (Å²) in [5.74, 6) is 0.170. The average Bonchev–Trinajstić information content (AvgIpc) is 2.14. The summed E-state index contributed by atoms with van der Waals surface area (Å²) in [6.45, 7) is 3.73. The molecule has 3 nitrogen and oxygen atoms in total. The number of hydrogen-bond donors (Lipinski definition) is 2. The summed E-state index contributed by atoms with van der Waals surface area (Å²) >= 11 is 0. The average molecular weight is 142 g/mol. The minimum atomic E-state index is 0.170. The Morgan fingerprint density at radius 1 is 1.70 bits per heavy atom. The van der Waals surface area contributed by atoms with Gasteiger partial charge in [0, 0.05) is 25.6 Å². The van der Waals surface area contributed by atoms with Crippen molar-refractivity contribution in [2.75, 3.05) is 13.1 Å². The molecule has 1 saturated heterocycles. The largest absolute Gasteiger partial charge is 0.354 e. The fraction of sp³-hybridized carbons (Fsp3) is 0.857. The molecular formula is C7H14N2O. The second-order valence-electron chi connectivity index (χ2n) is 2.61. The Morgan fingerprint density at radius 3 is 3.20 bits per heavy atom. The molecule has 0 spiro atoms. The lowest BCUT2D eigenvalue weighted by molar-refractivity contribution is -0.120. The van der Waals surface area contributed by atoms with Crippen molar-refractivity contribution in [3.8, 4) is 0 Å². The van der Waals surface area contributed by atoms with Crippen molar-refractivity contribution in [2.45, 2.75) is 25.8 Å². The zero-order chi connectivity index (χ0) is 7.40. The van der Waals surface area contributed by atoms with Gasteiger partial charge >= 0.3 is 0 Å². The predicted molar refractivity (Wildman–Crippen MR) is 39.7 cm³/mol. The molecule has 0 aromatic heterocycles. The maximum absolute atomic E-state index is 10.8. The van der Waals surface area contributed by atoms with E-state index in [0.29, 0.717) is 12.5 Å². The number of hydrogen-bond acceptors (Lipinski definition) is 2.